The van der Waals surface area contributed by atoms with Gasteiger partial charge >= 0.3 is 5.97 Å². The minimum atomic E-state index is -0.341. The number of carbonyl (C=O) groups is 1. The Morgan fingerprint density at radius 2 is 2.11 bits per heavy atom. The number of nitrogens with zero attached hydrogens (tertiary/aromatic N) is 2. The van der Waals surface area contributed by atoms with Crippen LogP contribution in [0.25, 0.3) is 0 Å². The zero-order chi connectivity index (χ0) is 14.6. The molecule has 1 aromatic rings. The first-order chi connectivity index (χ1) is 8.81. The summed E-state index contributed by atoms with van der Waals surface area (Å²) < 4.78 is 6.76. The van der Waals surface area contributed by atoms with Gasteiger partial charge in [0.25, 0.3) is 0 Å². The molecule has 1 rings (SSSR count). The van der Waals surface area contributed by atoms with Crippen molar-refractivity contribution in [3.63, 3.8) is 0 Å². The van der Waals surface area contributed by atoms with E-state index in [1.807, 2.05) is 0 Å². The van der Waals surface area contributed by atoms with E-state index < -0.39 is 0 Å². The predicted octanol–water partition coefficient (Wildman–Crippen LogP) is 2.38. The van der Waals surface area contributed by atoms with E-state index in [1.54, 1.807) is 24.0 Å². The first-order valence-corrected chi connectivity index (χ1v) is 6.78. The van der Waals surface area contributed by atoms with Gasteiger partial charge in [-0.2, -0.15) is 5.10 Å². The number of aromatic nitrogens is 2. The highest BCUT2D eigenvalue weighted by Gasteiger charge is 2.32. The summed E-state index contributed by atoms with van der Waals surface area (Å²) in [5.74, 6) is -0.341. The lowest BCUT2D eigenvalue weighted by molar-refractivity contribution is 0.0525. The molecule has 5 nitrogen and oxygen atoms in total. The highest BCUT2D eigenvalue weighted by atomic mass is 16.5. The number of hydrogen-bond acceptors (Lipinski definition) is 4. The van der Waals surface area contributed by atoms with Crippen LogP contribution in [-0.2, 0) is 4.74 Å². The van der Waals surface area contributed by atoms with Crippen LogP contribution in [0.15, 0.2) is 12.4 Å². The van der Waals surface area contributed by atoms with Crippen LogP contribution in [0.5, 0.6) is 0 Å². The van der Waals surface area contributed by atoms with Crippen LogP contribution >= 0.6 is 0 Å². The molecule has 0 radical (unpaired) electrons. The van der Waals surface area contributed by atoms with Gasteiger partial charge in [0.1, 0.15) is 0 Å². The lowest BCUT2D eigenvalue weighted by Gasteiger charge is -2.35. The lowest BCUT2D eigenvalue weighted by atomic mass is 9.82. The second-order valence-electron chi connectivity index (χ2n) is 5.81. The fourth-order valence-corrected chi connectivity index (χ4v) is 2.27. The van der Waals surface area contributed by atoms with Crippen LogP contribution < -0.4 is 5.73 Å². The quantitative estimate of drug-likeness (QED) is 0.832. The molecule has 0 aromatic carbocycles. The molecule has 1 heterocycles. The highest BCUT2D eigenvalue weighted by Crippen LogP contribution is 2.33. The molecule has 0 saturated heterocycles. The van der Waals surface area contributed by atoms with E-state index in [4.69, 9.17) is 10.5 Å². The van der Waals surface area contributed by atoms with Gasteiger partial charge in [-0.3, -0.25) is 4.68 Å². The third-order valence-electron chi connectivity index (χ3n) is 3.16. The third kappa shape index (κ3) is 3.80. The topological polar surface area (TPSA) is 70.1 Å². The van der Waals surface area contributed by atoms with E-state index in [1.165, 1.54) is 0 Å². The van der Waals surface area contributed by atoms with Gasteiger partial charge in [-0.05, 0) is 18.8 Å². The molecule has 0 saturated carbocycles. The van der Waals surface area contributed by atoms with E-state index in [2.05, 4.69) is 32.8 Å². The molecule has 5 heteroatoms. The summed E-state index contributed by atoms with van der Waals surface area (Å²) in [5.41, 5.74) is 6.64. The maximum atomic E-state index is 11.7. The normalized spacial score (nSPS) is 15.1. The van der Waals surface area contributed by atoms with Gasteiger partial charge in [-0.15, -0.1) is 0 Å². The average molecular weight is 267 g/mol. The number of hydrogen-bond donors (Lipinski definition) is 1. The maximum Gasteiger partial charge on any atom is 0.341 e. The first-order valence-electron chi connectivity index (χ1n) is 6.78. The van der Waals surface area contributed by atoms with Crippen LogP contribution in [-0.4, -0.2) is 28.4 Å². The smallest absolute Gasteiger partial charge is 0.341 e. The lowest BCUT2D eigenvalue weighted by Crippen LogP contribution is -2.40. The second-order valence-corrected chi connectivity index (χ2v) is 5.81. The third-order valence-corrected chi connectivity index (χ3v) is 3.16. The van der Waals surface area contributed by atoms with Gasteiger partial charge in [-0.25, -0.2) is 4.79 Å². The van der Waals surface area contributed by atoms with Gasteiger partial charge in [0.05, 0.1) is 24.4 Å². The summed E-state index contributed by atoms with van der Waals surface area (Å²) >= 11 is 0. The van der Waals surface area contributed by atoms with E-state index in [9.17, 15) is 4.79 Å². The van der Waals surface area contributed by atoms with Crippen molar-refractivity contribution in [2.24, 2.45) is 11.1 Å². The molecule has 0 spiro atoms. The van der Waals surface area contributed by atoms with Gasteiger partial charge in [-0.1, -0.05) is 27.7 Å². The van der Waals surface area contributed by atoms with E-state index >= 15 is 0 Å². The second kappa shape index (κ2) is 6.19. The number of nitrogens with two attached hydrogens (primary N) is 1. The molecule has 108 valence electrons. The Bertz CT molecular complexity index is 421. The zero-order valence-electron chi connectivity index (χ0n) is 12.5. The van der Waals surface area contributed by atoms with Crippen molar-refractivity contribution >= 4 is 5.97 Å². The zero-order valence-corrected chi connectivity index (χ0v) is 12.5. The van der Waals surface area contributed by atoms with Gasteiger partial charge in [0.15, 0.2) is 0 Å². The number of carbonyl (C=O) groups excluding carboxylic acids is 1. The Morgan fingerprint density at radius 1 is 1.47 bits per heavy atom. The average Bonchev–Trinajstić information content (AvgIpc) is 2.76. The van der Waals surface area contributed by atoms with Crippen LogP contribution in [0.4, 0.5) is 0 Å². The molecule has 2 unspecified atom stereocenters. The molecule has 2 N–H and O–H groups in total. The number of ether oxygens (including phenoxy) is 1. The molecule has 0 aliphatic heterocycles. The molecule has 0 fully saturated rings. The number of esters is 1. The fourth-order valence-electron chi connectivity index (χ4n) is 2.27. The Labute approximate surface area is 115 Å². The van der Waals surface area contributed by atoms with Crippen molar-refractivity contribution in [2.45, 2.75) is 53.1 Å². The van der Waals surface area contributed by atoms with Crippen LogP contribution in [0, 0.1) is 5.41 Å². The molecule has 0 amide bonds. The van der Waals surface area contributed by atoms with Crippen molar-refractivity contribution in [3.8, 4) is 0 Å². The fraction of sp³-hybridized carbons (Fsp3) is 0.714. The summed E-state index contributed by atoms with van der Waals surface area (Å²) in [7, 11) is 0. The standard InChI is InChI=1S/C14H25N3O2/c1-6-11(15)12(14(3,4)5)17-9-10(8-16-17)13(18)19-7-2/h8-9,11-12H,6-7,15H2,1-5H3. The molecule has 19 heavy (non-hydrogen) atoms. The minimum absolute atomic E-state index is 0.00468. The molecular formula is C14H25N3O2. The van der Waals surface area contributed by atoms with Crippen molar-refractivity contribution in [1.29, 1.82) is 0 Å². The summed E-state index contributed by atoms with van der Waals surface area (Å²) in [6.07, 6.45) is 4.12. The molecular weight excluding hydrogens is 242 g/mol. The number of rotatable bonds is 5. The van der Waals surface area contributed by atoms with Crippen molar-refractivity contribution in [3.05, 3.63) is 18.0 Å². The predicted molar refractivity (Wildman–Crippen MR) is 74.9 cm³/mol. The van der Waals surface area contributed by atoms with E-state index in [0.717, 1.165) is 6.42 Å². The monoisotopic (exact) mass is 267 g/mol. The Kier molecular flexibility index (Phi) is 5.11. The summed E-state index contributed by atoms with van der Waals surface area (Å²) in [4.78, 5) is 11.7. The van der Waals surface area contributed by atoms with Crippen molar-refractivity contribution in [2.75, 3.05) is 6.61 Å². The highest BCUT2D eigenvalue weighted by molar-refractivity contribution is 5.88. The SMILES string of the molecule is CCOC(=O)c1cnn(C(C(N)CC)C(C)(C)C)c1. The molecule has 0 aliphatic carbocycles. The minimum Gasteiger partial charge on any atom is -0.462 e. The van der Waals surface area contributed by atoms with Crippen molar-refractivity contribution < 1.29 is 9.53 Å². The summed E-state index contributed by atoms with van der Waals surface area (Å²) in [6, 6.07) is 0.0376. The van der Waals surface area contributed by atoms with Gasteiger partial charge < -0.3 is 10.5 Å². The molecule has 2 atom stereocenters. The summed E-state index contributed by atoms with van der Waals surface area (Å²) in [5, 5.41) is 4.29. The van der Waals surface area contributed by atoms with E-state index in [-0.39, 0.29) is 23.5 Å². The molecule has 0 aliphatic rings. The van der Waals surface area contributed by atoms with E-state index in [0.29, 0.717) is 12.2 Å². The summed E-state index contributed by atoms with van der Waals surface area (Å²) in [6.45, 7) is 10.6. The largest absolute Gasteiger partial charge is 0.462 e. The Hall–Kier alpha value is -1.36. The van der Waals surface area contributed by atoms with Crippen LogP contribution in [0.3, 0.4) is 0 Å². The molecule has 1 aromatic heterocycles. The van der Waals surface area contributed by atoms with Gasteiger partial charge in [0.2, 0.25) is 0 Å². The van der Waals surface area contributed by atoms with Crippen LogP contribution in [0.1, 0.15) is 57.4 Å². The Morgan fingerprint density at radius 3 is 2.58 bits per heavy atom. The molecule has 0 bridgehead atoms. The maximum absolute atomic E-state index is 11.7. The first kappa shape index (κ1) is 15.7. The van der Waals surface area contributed by atoms with Crippen molar-refractivity contribution in [1.82, 2.24) is 9.78 Å². The Balaban J connectivity index is 3.02. The van der Waals surface area contributed by atoms with Crippen LogP contribution in [0.2, 0.25) is 0 Å². The van der Waals surface area contributed by atoms with Gasteiger partial charge in [0, 0.05) is 12.2 Å².